The van der Waals surface area contributed by atoms with E-state index in [1.807, 2.05) is 30.3 Å². The summed E-state index contributed by atoms with van der Waals surface area (Å²) >= 11 is 0. The number of aliphatic hydroxyl groups is 1. The van der Waals surface area contributed by atoms with Crippen LogP contribution in [0, 0.1) is 0 Å². The number of nitrogens with one attached hydrogen (secondary N) is 1. The molecule has 0 saturated carbocycles. The fraction of sp³-hybridized carbons (Fsp3) is 0.520. The molecule has 0 spiro atoms. The number of fused-ring (bicyclic) bond motifs is 1. The molecule has 4 rings (SSSR count). The van der Waals surface area contributed by atoms with E-state index < -0.39 is 5.97 Å². The summed E-state index contributed by atoms with van der Waals surface area (Å²) in [6.45, 7) is 4.68. The quantitative estimate of drug-likeness (QED) is 0.627. The molecule has 0 bridgehead atoms. The van der Waals surface area contributed by atoms with Gasteiger partial charge in [-0.15, -0.1) is 0 Å². The molecule has 2 aromatic rings. The number of aryl methyl sites for hydroxylation is 1. The molecule has 1 atom stereocenters. The van der Waals surface area contributed by atoms with E-state index in [1.165, 1.54) is 63.0 Å². The Labute approximate surface area is 185 Å². The lowest BCUT2D eigenvalue weighted by Gasteiger charge is -2.26. The van der Waals surface area contributed by atoms with Gasteiger partial charge < -0.3 is 20.4 Å². The van der Waals surface area contributed by atoms with E-state index in [4.69, 9.17) is 15.2 Å². The first kappa shape index (κ1) is 23.2. The predicted molar refractivity (Wildman–Crippen MR) is 124 cm³/mol. The van der Waals surface area contributed by atoms with E-state index in [-0.39, 0.29) is 18.9 Å². The summed E-state index contributed by atoms with van der Waals surface area (Å²) in [5.41, 5.74) is 3.50. The lowest BCUT2D eigenvalue weighted by atomic mass is 9.97. The summed E-state index contributed by atoms with van der Waals surface area (Å²) in [5, 5.41) is 20.9. The van der Waals surface area contributed by atoms with Gasteiger partial charge in [0, 0.05) is 31.1 Å². The minimum Gasteiger partial charge on any atom is -0.481 e. The van der Waals surface area contributed by atoms with Gasteiger partial charge >= 0.3 is 5.97 Å². The molecule has 0 aliphatic carbocycles. The summed E-state index contributed by atoms with van der Waals surface area (Å²) in [5.74, 6) is -0.0426. The summed E-state index contributed by atoms with van der Waals surface area (Å²) in [4.78, 5) is 17.8. The molecular formula is C25H35N3O3. The van der Waals surface area contributed by atoms with Gasteiger partial charge in [-0.2, -0.15) is 0 Å². The molecule has 0 radical (unpaired) electrons. The topological polar surface area (TPSA) is 85.7 Å². The molecule has 3 N–H and O–H groups in total. The van der Waals surface area contributed by atoms with E-state index in [0.717, 1.165) is 24.3 Å². The van der Waals surface area contributed by atoms with Gasteiger partial charge in [-0.05, 0) is 56.0 Å². The van der Waals surface area contributed by atoms with Crippen LogP contribution in [0.3, 0.4) is 0 Å². The Morgan fingerprint density at radius 2 is 1.84 bits per heavy atom. The summed E-state index contributed by atoms with van der Waals surface area (Å²) < 4.78 is 0. The second-order valence-corrected chi connectivity index (χ2v) is 8.38. The Morgan fingerprint density at radius 3 is 2.55 bits per heavy atom. The molecule has 1 aromatic heterocycles. The van der Waals surface area contributed by atoms with Gasteiger partial charge in [0.05, 0.1) is 13.0 Å². The zero-order valence-electron chi connectivity index (χ0n) is 18.3. The number of carbonyl (C=O) groups is 1. The van der Waals surface area contributed by atoms with Crippen LogP contribution in [0.4, 0.5) is 5.82 Å². The maximum absolute atomic E-state index is 10.4. The first-order valence-corrected chi connectivity index (χ1v) is 11.5. The number of hydrogen-bond donors (Lipinski definition) is 3. The van der Waals surface area contributed by atoms with Crippen molar-refractivity contribution in [2.24, 2.45) is 0 Å². The summed E-state index contributed by atoms with van der Waals surface area (Å²) in [6, 6.07) is 13.7. The number of aromatic nitrogens is 1. The van der Waals surface area contributed by atoms with Gasteiger partial charge in [0.1, 0.15) is 5.82 Å². The predicted octanol–water partition coefficient (Wildman–Crippen LogP) is 3.71. The van der Waals surface area contributed by atoms with Gasteiger partial charge in [0.2, 0.25) is 0 Å². The first-order valence-electron chi connectivity index (χ1n) is 11.5. The maximum Gasteiger partial charge on any atom is 0.304 e. The highest BCUT2D eigenvalue weighted by Gasteiger charge is 2.14. The zero-order chi connectivity index (χ0) is 21.9. The Bertz CT molecular complexity index is 807. The fourth-order valence-electron chi connectivity index (χ4n) is 4.19. The van der Waals surface area contributed by atoms with E-state index in [2.05, 4.69) is 22.3 Å². The smallest absolute Gasteiger partial charge is 0.304 e. The Morgan fingerprint density at radius 1 is 1.06 bits per heavy atom. The maximum atomic E-state index is 10.4. The minimum absolute atomic E-state index is 0.0273. The third-order valence-corrected chi connectivity index (χ3v) is 6.00. The highest BCUT2D eigenvalue weighted by Crippen LogP contribution is 2.20. The molecule has 6 nitrogen and oxygen atoms in total. The van der Waals surface area contributed by atoms with Crippen molar-refractivity contribution in [3.8, 4) is 0 Å². The monoisotopic (exact) mass is 425 g/mol. The zero-order valence-corrected chi connectivity index (χ0v) is 18.3. The lowest BCUT2D eigenvalue weighted by molar-refractivity contribution is -0.137. The highest BCUT2D eigenvalue weighted by molar-refractivity contribution is 5.68. The number of aliphatic carboxylic acids is 1. The van der Waals surface area contributed by atoms with Gasteiger partial charge in [-0.3, -0.25) is 4.79 Å². The average molecular weight is 426 g/mol. The van der Waals surface area contributed by atoms with Crippen LogP contribution in [-0.2, 0) is 17.6 Å². The van der Waals surface area contributed by atoms with Gasteiger partial charge in [0.15, 0.2) is 0 Å². The second-order valence-electron chi connectivity index (χ2n) is 8.38. The van der Waals surface area contributed by atoms with Crippen molar-refractivity contribution in [3.63, 3.8) is 0 Å². The standard InChI is InChI=1S/C15H23N3.C10H12O3/c1-2-10-18(11-3-1)12-8-14-7-6-13-5-4-9-16-15(13)17-14;11-7-9(6-10(12)13)8-4-2-1-3-5-8/h6-7H,1-5,8-12H2,(H,16,17);1-5,9,11H,6-7H2,(H,12,13). The Hall–Kier alpha value is -2.44. The van der Waals surface area contributed by atoms with Crippen molar-refractivity contribution in [2.45, 2.75) is 50.9 Å². The number of piperidine rings is 1. The number of anilines is 1. The molecule has 1 aromatic carbocycles. The van der Waals surface area contributed by atoms with Crippen molar-refractivity contribution in [1.29, 1.82) is 0 Å². The van der Waals surface area contributed by atoms with E-state index >= 15 is 0 Å². The van der Waals surface area contributed by atoms with Crippen LogP contribution in [0.1, 0.15) is 54.8 Å². The largest absolute Gasteiger partial charge is 0.481 e. The molecule has 168 valence electrons. The lowest BCUT2D eigenvalue weighted by Crippen LogP contribution is -2.31. The van der Waals surface area contributed by atoms with Crippen LogP contribution in [-0.4, -0.2) is 58.9 Å². The number of aliphatic hydroxyl groups excluding tert-OH is 1. The van der Waals surface area contributed by atoms with Crippen LogP contribution < -0.4 is 5.32 Å². The molecule has 1 fully saturated rings. The molecule has 6 heteroatoms. The van der Waals surface area contributed by atoms with E-state index in [1.54, 1.807) is 0 Å². The number of carboxylic acids is 1. The minimum atomic E-state index is -0.886. The van der Waals surface area contributed by atoms with Crippen LogP contribution in [0.5, 0.6) is 0 Å². The molecule has 2 aliphatic heterocycles. The average Bonchev–Trinajstić information content (AvgIpc) is 2.82. The van der Waals surface area contributed by atoms with Gasteiger partial charge in [-0.1, -0.05) is 42.8 Å². The summed E-state index contributed by atoms with van der Waals surface area (Å²) in [7, 11) is 0. The van der Waals surface area contributed by atoms with Crippen molar-refractivity contribution in [3.05, 3.63) is 59.3 Å². The SMILES string of the molecule is O=C(O)CC(CO)c1ccccc1.c1cc2c(nc1CCN1CCCCC1)NCCC2. The molecule has 3 heterocycles. The number of likely N-dealkylation sites (tertiary alicyclic amines) is 1. The van der Waals surface area contributed by atoms with Crippen LogP contribution in [0.25, 0.3) is 0 Å². The van der Waals surface area contributed by atoms with Gasteiger partial charge in [-0.25, -0.2) is 4.98 Å². The van der Waals surface area contributed by atoms with Crippen LogP contribution in [0.2, 0.25) is 0 Å². The number of hydrogen-bond acceptors (Lipinski definition) is 5. The third-order valence-electron chi connectivity index (χ3n) is 6.00. The fourth-order valence-corrected chi connectivity index (χ4v) is 4.19. The van der Waals surface area contributed by atoms with Crippen molar-refractivity contribution < 1.29 is 15.0 Å². The molecule has 1 saturated heterocycles. The molecule has 0 amide bonds. The molecule has 31 heavy (non-hydrogen) atoms. The van der Waals surface area contributed by atoms with Gasteiger partial charge in [0.25, 0.3) is 0 Å². The number of benzene rings is 1. The van der Waals surface area contributed by atoms with Crippen molar-refractivity contribution >= 4 is 11.8 Å². The molecule has 2 aliphatic rings. The first-order chi connectivity index (χ1) is 15.2. The third kappa shape index (κ3) is 7.64. The van der Waals surface area contributed by atoms with Crippen LogP contribution >= 0.6 is 0 Å². The Kier molecular flexibility index (Phi) is 9.31. The molecule has 1 unspecified atom stereocenters. The Balaban J connectivity index is 0.000000187. The molecular weight excluding hydrogens is 390 g/mol. The number of carboxylic acid groups (broad SMARTS) is 1. The van der Waals surface area contributed by atoms with Crippen LogP contribution in [0.15, 0.2) is 42.5 Å². The number of pyridine rings is 1. The normalized spacial score (nSPS) is 16.9. The van der Waals surface area contributed by atoms with E-state index in [0.29, 0.717) is 0 Å². The number of nitrogens with zero attached hydrogens (tertiary/aromatic N) is 2. The number of rotatable bonds is 7. The van der Waals surface area contributed by atoms with Crippen molar-refractivity contribution in [1.82, 2.24) is 9.88 Å². The summed E-state index contributed by atoms with van der Waals surface area (Å²) in [6.07, 6.45) is 7.65. The van der Waals surface area contributed by atoms with E-state index in [9.17, 15) is 4.79 Å². The van der Waals surface area contributed by atoms with Crippen molar-refractivity contribution in [2.75, 3.05) is 38.1 Å². The highest BCUT2D eigenvalue weighted by atomic mass is 16.4. The second kappa shape index (κ2) is 12.4.